The molecule has 0 saturated carbocycles. The van der Waals surface area contributed by atoms with Crippen molar-refractivity contribution in [1.82, 2.24) is 4.90 Å². The van der Waals surface area contributed by atoms with E-state index < -0.39 is 4.92 Å². The monoisotopic (exact) mass is 410 g/mol. The molecule has 0 unspecified atom stereocenters. The van der Waals surface area contributed by atoms with Crippen molar-refractivity contribution in [1.29, 1.82) is 0 Å². The summed E-state index contributed by atoms with van der Waals surface area (Å²) in [5.41, 5.74) is 1.76. The molecular weight excluding hydrogens is 388 g/mol. The molecule has 0 heterocycles. The van der Waals surface area contributed by atoms with E-state index in [4.69, 9.17) is 0 Å². The second kappa shape index (κ2) is 10.5. The molecule has 0 aromatic heterocycles. The fraction of sp³-hybridized carbons (Fsp3) is 0.190. The molecule has 0 aliphatic carbocycles. The molecule has 2 aromatic carbocycles. The van der Waals surface area contributed by atoms with Crippen molar-refractivity contribution in [2.75, 3.05) is 23.7 Å². The Labute approximate surface area is 173 Å². The highest BCUT2D eigenvalue weighted by atomic mass is 16.6. The van der Waals surface area contributed by atoms with E-state index in [2.05, 4.69) is 10.6 Å². The van der Waals surface area contributed by atoms with E-state index in [-0.39, 0.29) is 30.0 Å². The number of hydrogen-bond donors (Lipinski definition) is 2. The topological polar surface area (TPSA) is 122 Å². The van der Waals surface area contributed by atoms with E-state index in [0.717, 1.165) is 0 Å². The summed E-state index contributed by atoms with van der Waals surface area (Å²) in [6.45, 7) is 3.36. The van der Waals surface area contributed by atoms with Crippen molar-refractivity contribution in [3.05, 3.63) is 70.3 Å². The minimum Gasteiger partial charge on any atom is -0.330 e. The summed E-state index contributed by atoms with van der Waals surface area (Å²) in [7, 11) is 0. The molecule has 9 heteroatoms. The highest BCUT2D eigenvalue weighted by Gasteiger charge is 2.13. The first kappa shape index (κ1) is 22.3. The number of anilines is 2. The molecule has 0 saturated heterocycles. The average molecular weight is 410 g/mol. The van der Waals surface area contributed by atoms with E-state index in [1.165, 1.54) is 48.2 Å². The van der Waals surface area contributed by atoms with Gasteiger partial charge < -0.3 is 15.5 Å². The van der Waals surface area contributed by atoms with Crippen LogP contribution < -0.4 is 10.6 Å². The first-order valence-electron chi connectivity index (χ1n) is 9.17. The average Bonchev–Trinajstić information content (AvgIpc) is 2.71. The number of nitrogens with zero attached hydrogens (tertiary/aromatic N) is 2. The third kappa shape index (κ3) is 6.86. The van der Waals surface area contributed by atoms with Crippen LogP contribution in [-0.2, 0) is 14.4 Å². The van der Waals surface area contributed by atoms with Gasteiger partial charge in [-0.3, -0.25) is 24.5 Å². The zero-order chi connectivity index (χ0) is 22.1. The predicted octanol–water partition coefficient (Wildman–Crippen LogP) is 3.05. The number of rotatable bonds is 8. The van der Waals surface area contributed by atoms with Crippen LogP contribution in [0.15, 0.2) is 54.6 Å². The minimum atomic E-state index is -0.497. The number of amides is 3. The van der Waals surface area contributed by atoms with Crippen molar-refractivity contribution >= 4 is 40.9 Å². The number of non-ortho nitro benzene ring substituents is 1. The van der Waals surface area contributed by atoms with Crippen molar-refractivity contribution in [2.24, 2.45) is 0 Å². The Balaban J connectivity index is 1.93. The molecule has 2 aromatic rings. The number of hydrogen-bond acceptors (Lipinski definition) is 5. The number of benzene rings is 2. The smallest absolute Gasteiger partial charge is 0.269 e. The first-order valence-corrected chi connectivity index (χ1v) is 9.17. The summed E-state index contributed by atoms with van der Waals surface area (Å²) in [6.07, 6.45) is 2.85. The molecule has 2 N–H and O–H groups in total. The van der Waals surface area contributed by atoms with Crippen LogP contribution in [0.1, 0.15) is 19.4 Å². The van der Waals surface area contributed by atoms with Crippen LogP contribution >= 0.6 is 0 Å². The Hall–Kier alpha value is -4.01. The fourth-order valence-electron chi connectivity index (χ4n) is 2.54. The number of carbonyl (C=O) groups is 3. The molecule has 0 spiro atoms. The van der Waals surface area contributed by atoms with Gasteiger partial charge in [0.15, 0.2) is 0 Å². The van der Waals surface area contributed by atoms with Gasteiger partial charge in [0.25, 0.3) is 5.69 Å². The number of nitrogens with one attached hydrogen (secondary N) is 2. The Morgan fingerprint density at radius 3 is 2.07 bits per heavy atom. The molecule has 9 nitrogen and oxygen atoms in total. The minimum absolute atomic E-state index is 0.0320. The maximum atomic E-state index is 12.4. The third-order valence-corrected chi connectivity index (χ3v) is 4.04. The molecule has 0 radical (unpaired) electrons. The summed E-state index contributed by atoms with van der Waals surface area (Å²) < 4.78 is 0. The number of likely N-dealkylation sites (N-methyl/N-ethyl adjacent to an activating group) is 1. The van der Waals surface area contributed by atoms with E-state index >= 15 is 0 Å². The van der Waals surface area contributed by atoms with Gasteiger partial charge in [-0.2, -0.15) is 0 Å². The van der Waals surface area contributed by atoms with Crippen LogP contribution in [0.5, 0.6) is 0 Å². The summed E-state index contributed by atoms with van der Waals surface area (Å²) in [5, 5.41) is 16.0. The molecule has 0 bridgehead atoms. The quantitative estimate of drug-likeness (QED) is 0.393. The van der Waals surface area contributed by atoms with Gasteiger partial charge in [0, 0.05) is 43.1 Å². The highest BCUT2D eigenvalue weighted by molar-refractivity contribution is 5.98. The van der Waals surface area contributed by atoms with E-state index in [9.17, 15) is 24.5 Å². The van der Waals surface area contributed by atoms with Gasteiger partial charge in [0.2, 0.25) is 17.7 Å². The summed E-state index contributed by atoms with van der Waals surface area (Å²) >= 11 is 0. The molecule has 2 rings (SSSR count). The molecular formula is C21H22N4O5. The first-order chi connectivity index (χ1) is 14.3. The lowest BCUT2D eigenvalue weighted by Gasteiger charge is -2.18. The second-order valence-corrected chi connectivity index (χ2v) is 6.34. The second-order valence-electron chi connectivity index (χ2n) is 6.34. The summed E-state index contributed by atoms with van der Waals surface area (Å²) in [4.78, 5) is 47.2. The molecule has 30 heavy (non-hydrogen) atoms. The van der Waals surface area contributed by atoms with Gasteiger partial charge in [-0.05, 0) is 55.0 Å². The lowest BCUT2D eigenvalue weighted by molar-refractivity contribution is -0.384. The molecule has 0 aliphatic rings. The molecule has 3 amide bonds. The molecule has 0 atom stereocenters. The van der Waals surface area contributed by atoms with Gasteiger partial charge >= 0.3 is 0 Å². The summed E-state index contributed by atoms with van der Waals surface area (Å²) in [5.74, 6) is -0.904. The number of carbonyl (C=O) groups excluding carboxylic acids is 3. The normalized spacial score (nSPS) is 10.5. The lowest BCUT2D eigenvalue weighted by Crippen LogP contribution is -2.36. The van der Waals surface area contributed by atoms with Crippen LogP contribution in [0, 0.1) is 10.1 Å². The molecule has 0 fully saturated rings. The van der Waals surface area contributed by atoms with Crippen LogP contribution in [0.3, 0.4) is 0 Å². The lowest BCUT2D eigenvalue weighted by atomic mass is 10.2. The Kier molecular flexibility index (Phi) is 7.81. The zero-order valence-corrected chi connectivity index (χ0v) is 16.6. The van der Waals surface area contributed by atoms with Crippen molar-refractivity contribution in [3.63, 3.8) is 0 Å². The van der Waals surface area contributed by atoms with Crippen molar-refractivity contribution in [2.45, 2.75) is 13.8 Å². The van der Waals surface area contributed by atoms with Gasteiger partial charge in [0.1, 0.15) is 6.54 Å². The SMILES string of the molecule is CCN(CC(=O)Nc1ccc(NC(C)=O)cc1)C(=O)/C=C/c1ccc([N+](=O)[O-])cc1. The predicted molar refractivity (Wildman–Crippen MR) is 114 cm³/mol. The third-order valence-electron chi connectivity index (χ3n) is 4.04. The van der Waals surface area contributed by atoms with Crippen LogP contribution in [0.25, 0.3) is 6.08 Å². The van der Waals surface area contributed by atoms with E-state index in [1.54, 1.807) is 31.2 Å². The standard InChI is InChI=1S/C21H22N4O5/c1-3-24(21(28)13-6-16-4-11-19(12-5-16)25(29)30)14-20(27)23-18-9-7-17(8-10-18)22-15(2)26/h4-13H,3,14H2,1-2H3,(H,22,26)(H,23,27)/b13-6+. The highest BCUT2D eigenvalue weighted by Crippen LogP contribution is 2.14. The van der Waals surface area contributed by atoms with Crippen LogP contribution in [-0.4, -0.2) is 40.6 Å². The maximum absolute atomic E-state index is 12.4. The fourth-order valence-corrected chi connectivity index (χ4v) is 2.54. The molecule has 156 valence electrons. The van der Waals surface area contributed by atoms with Crippen molar-refractivity contribution < 1.29 is 19.3 Å². The summed E-state index contributed by atoms with van der Waals surface area (Å²) in [6, 6.07) is 12.4. The number of nitro groups is 1. The van der Waals surface area contributed by atoms with Gasteiger partial charge in [-0.25, -0.2) is 0 Å². The maximum Gasteiger partial charge on any atom is 0.269 e. The Morgan fingerprint density at radius 1 is 1.00 bits per heavy atom. The van der Waals surface area contributed by atoms with Crippen molar-refractivity contribution in [3.8, 4) is 0 Å². The van der Waals surface area contributed by atoms with Gasteiger partial charge in [-0.1, -0.05) is 0 Å². The number of nitro benzene ring substituents is 1. The van der Waals surface area contributed by atoms with Crippen LogP contribution in [0.4, 0.5) is 17.1 Å². The zero-order valence-electron chi connectivity index (χ0n) is 16.6. The van der Waals surface area contributed by atoms with E-state index in [0.29, 0.717) is 23.5 Å². The van der Waals surface area contributed by atoms with Gasteiger partial charge in [0.05, 0.1) is 4.92 Å². The van der Waals surface area contributed by atoms with Gasteiger partial charge in [-0.15, -0.1) is 0 Å². The Bertz CT molecular complexity index is 952. The largest absolute Gasteiger partial charge is 0.330 e. The molecule has 0 aliphatic heterocycles. The Morgan fingerprint density at radius 2 is 1.57 bits per heavy atom. The van der Waals surface area contributed by atoms with E-state index in [1.807, 2.05) is 0 Å². The van der Waals surface area contributed by atoms with Crippen LogP contribution in [0.2, 0.25) is 0 Å².